The van der Waals surface area contributed by atoms with E-state index in [-0.39, 0.29) is 23.2 Å². The minimum atomic E-state index is -1.22. The fraction of sp³-hybridized carbons (Fsp3) is 0.350. The molecular formula is C20H23N5O2S. The maximum Gasteiger partial charge on any atom is 0.274 e. The fourth-order valence-corrected chi connectivity index (χ4v) is 5.14. The second-order valence-corrected chi connectivity index (χ2v) is 8.93. The quantitative estimate of drug-likeness (QED) is 0.812. The Morgan fingerprint density at radius 3 is 2.89 bits per heavy atom. The summed E-state index contributed by atoms with van der Waals surface area (Å²) in [7, 11) is 0.491. The number of carbonyl (C=O) groups is 1. The molecular weight excluding hydrogens is 374 g/mol. The maximum absolute atomic E-state index is 12.8. The molecule has 0 saturated carbocycles. The second-order valence-electron chi connectivity index (χ2n) is 7.22. The Morgan fingerprint density at radius 1 is 1.32 bits per heavy atom. The van der Waals surface area contributed by atoms with Crippen LogP contribution in [0.3, 0.4) is 0 Å². The average molecular weight is 398 g/mol. The summed E-state index contributed by atoms with van der Waals surface area (Å²) in [6, 6.07) is 9.14. The van der Waals surface area contributed by atoms with E-state index in [2.05, 4.69) is 15.3 Å². The summed E-state index contributed by atoms with van der Waals surface area (Å²) in [4.78, 5) is 21.3. The first-order valence-electron chi connectivity index (χ1n) is 9.28. The molecule has 1 aromatic carbocycles. The first-order valence-corrected chi connectivity index (χ1v) is 10.5. The zero-order chi connectivity index (χ0) is 19.8. The van der Waals surface area contributed by atoms with Crippen LogP contribution in [-0.4, -0.2) is 37.7 Å². The van der Waals surface area contributed by atoms with E-state index in [1.807, 2.05) is 31.2 Å². The third kappa shape index (κ3) is 3.40. The fourth-order valence-electron chi connectivity index (χ4n) is 3.71. The molecule has 1 aliphatic carbocycles. The molecule has 8 heteroatoms. The molecule has 2 unspecified atom stereocenters. The number of hydrogen-bond donors (Lipinski definition) is 2. The monoisotopic (exact) mass is 397 g/mol. The number of guanidine groups is 1. The van der Waals surface area contributed by atoms with E-state index in [4.69, 9.17) is 5.73 Å². The summed E-state index contributed by atoms with van der Waals surface area (Å²) in [5.41, 5.74) is 10.2. The lowest BCUT2D eigenvalue weighted by molar-refractivity contribution is 0.102. The van der Waals surface area contributed by atoms with Gasteiger partial charge in [0.05, 0.1) is 11.3 Å². The molecule has 2 heterocycles. The van der Waals surface area contributed by atoms with Gasteiger partial charge in [0.1, 0.15) is 16.7 Å². The molecule has 1 aliphatic heterocycles. The molecule has 7 nitrogen and oxygen atoms in total. The van der Waals surface area contributed by atoms with Crippen LogP contribution in [0.1, 0.15) is 46.1 Å². The number of nitrogens with zero attached hydrogens (tertiary/aromatic N) is 3. The number of aromatic nitrogens is 1. The van der Waals surface area contributed by atoms with Gasteiger partial charge in [0.2, 0.25) is 5.96 Å². The van der Waals surface area contributed by atoms with Gasteiger partial charge in [-0.2, -0.15) is 0 Å². The summed E-state index contributed by atoms with van der Waals surface area (Å²) >= 11 is 0. The highest BCUT2D eigenvalue weighted by atomic mass is 32.2. The van der Waals surface area contributed by atoms with Crippen LogP contribution in [0.4, 0.5) is 5.69 Å². The van der Waals surface area contributed by atoms with Gasteiger partial charge in [-0.3, -0.25) is 14.1 Å². The number of carbonyl (C=O) groups excluding carboxylic acids is 1. The molecule has 0 radical (unpaired) electrons. The van der Waals surface area contributed by atoms with E-state index in [0.717, 1.165) is 36.0 Å². The van der Waals surface area contributed by atoms with Crippen molar-refractivity contribution < 1.29 is 9.00 Å². The Hall–Kier alpha value is -2.74. The Labute approximate surface area is 166 Å². The molecule has 28 heavy (non-hydrogen) atoms. The summed E-state index contributed by atoms with van der Waals surface area (Å²) in [6.07, 6.45) is 4.33. The van der Waals surface area contributed by atoms with Gasteiger partial charge in [-0.1, -0.05) is 12.1 Å². The molecule has 0 saturated heterocycles. The zero-order valence-electron chi connectivity index (χ0n) is 15.9. The van der Waals surface area contributed by atoms with Gasteiger partial charge in [-0.05, 0) is 61.1 Å². The summed E-state index contributed by atoms with van der Waals surface area (Å²) in [5, 5.41) is 2.80. The van der Waals surface area contributed by atoms with Gasteiger partial charge < -0.3 is 11.1 Å². The minimum absolute atomic E-state index is 0.108. The SMILES string of the molecule is Cc1ccc(C(=O)Nc2ccc3c(c2)[C@H]2N=C(N)N(C)S(=O)C2CCC3)nc1. The van der Waals surface area contributed by atoms with E-state index in [1.165, 1.54) is 0 Å². The zero-order valence-corrected chi connectivity index (χ0v) is 16.7. The van der Waals surface area contributed by atoms with Crippen molar-refractivity contribution in [2.45, 2.75) is 37.5 Å². The smallest absolute Gasteiger partial charge is 0.274 e. The predicted octanol–water partition coefficient (Wildman–Crippen LogP) is 2.31. The van der Waals surface area contributed by atoms with Crippen LogP contribution >= 0.6 is 0 Å². The molecule has 146 valence electrons. The van der Waals surface area contributed by atoms with Crippen molar-refractivity contribution in [2.24, 2.45) is 10.7 Å². The van der Waals surface area contributed by atoms with Crippen molar-refractivity contribution in [1.29, 1.82) is 0 Å². The third-order valence-electron chi connectivity index (χ3n) is 5.28. The van der Waals surface area contributed by atoms with Gasteiger partial charge in [-0.15, -0.1) is 0 Å². The number of aryl methyl sites for hydroxylation is 2. The van der Waals surface area contributed by atoms with E-state index in [9.17, 15) is 9.00 Å². The standard InChI is InChI=1S/C20H23N5O2S/c1-12-6-9-16(22-11-12)19(26)23-14-8-7-13-4-3-5-17-18(15(13)10-14)24-20(21)25(2)28(17)27/h6-11,17-18H,3-5H2,1-2H3,(H2,21,24)(H,23,26)/t17?,18-,28?/m1/s1. The number of hydrogen-bond acceptors (Lipinski definition) is 5. The first kappa shape index (κ1) is 18.6. The lowest BCUT2D eigenvalue weighted by Crippen LogP contribution is -2.46. The summed E-state index contributed by atoms with van der Waals surface area (Å²) < 4.78 is 14.3. The van der Waals surface area contributed by atoms with Crippen molar-refractivity contribution in [1.82, 2.24) is 9.29 Å². The van der Waals surface area contributed by atoms with Gasteiger partial charge in [0, 0.05) is 18.9 Å². The normalized spacial score (nSPS) is 23.9. The number of fused-ring (bicyclic) bond motifs is 3. The third-order valence-corrected chi connectivity index (χ3v) is 7.01. The van der Waals surface area contributed by atoms with Crippen LogP contribution in [0.15, 0.2) is 41.5 Å². The van der Waals surface area contributed by atoms with E-state index < -0.39 is 11.0 Å². The van der Waals surface area contributed by atoms with Crippen LogP contribution in [0.5, 0.6) is 0 Å². The average Bonchev–Trinajstić information content (AvgIpc) is 2.86. The van der Waals surface area contributed by atoms with Crippen molar-refractivity contribution in [3.8, 4) is 0 Å². The Kier molecular flexibility index (Phi) is 4.89. The van der Waals surface area contributed by atoms with Gasteiger partial charge >= 0.3 is 0 Å². The number of nitrogens with one attached hydrogen (secondary N) is 1. The molecule has 2 aliphatic rings. The topological polar surface area (TPSA) is 101 Å². The number of anilines is 1. The minimum Gasteiger partial charge on any atom is -0.369 e. The Balaban J connectivity index is 1.66. The molecule has 3 atom stereocenters. The lowest BCUT2D eigenvalue weighted by atomic mass is 9.98. The highest BCUT2D eigenvalue weighted by molar-refractivity contribution is 7.84. The van der Waals surface area contributed by atoms with Gasteiger partial charge in [-0.25, -0.2) is 9.20 Å². The number of rotatable bonds is 2. The molecule has 0 bridgehead atoms. The van der Waals surface area contributed by atoms with E-state index >= 15 is 0 Å². The van der Waals surface area contributed by atoms with E-state index in [0.29, 0.717) is 11.4 Å². The molecule has 1 aromatic heterocycles. The van der Waals surface area contributed by atoms with Gasteiger partial charge in [0.15, 0.2) is 0 Å². The molecule has 3 N–H and O–H groups in total. The summed E-state index contributed by atoms with van der Waals surface area (Å²) in [5.74, 6) is 0.0193. The number of aliphatic imine (C=N–C) groups is 1. The van der Waals surface area contributed by atoms with Crippen LogP contribution in [0.25, 0.3) is 0 Å². The van der Waals surface area contributed by atoms with Gasteiger partial charge in [0.25, 0.3) is 5.91 Å². The maximum atomic E-state index is 12.8. The number of benzene rings is 1. The molecule has 1 amide bonds. The molecule has 0 spiro atoms. The number of nitrogens with two attached hydrogens (primary N) is 1. The Morgan fingerprint density at radius 2 is 2.14 bits per heavy atom. The molecule has 0 fully saturated rings. The second kappa shape index (κ2) is 7.35. The highest BCUT2D eigenvalue weighted by Gasteiger charge is 2.38. The van der Waals surface area contributed by atoms with Crippen LogP contribution < -0.4 is 11.1 Å². The lowest BCUT2D eigenvalue weighted by Gasteiger charge is -2.33. The molecule has 4 rings (SSSR count). The van der Waals surface area contributed by atoms with Crippen LogP contribution in [-0.2, 0) is 17.4 Å². The predicted molar refractivity (Wildman–Crippen MR) is 110 cm³/mol. The number of pyridine rings is 1. The Bertz CT molecular complexity index is 973. The van der Waals surface area contributed by atoms with E-state index in [1.54, 1.807) is 23.6 Å². The van der Waals surface area contributed by atoms with Crippen LogP contribution in [0, 0.1) is 6.92 Å². The summed E-state index contributed by atoms with van der Waals surface area (Å²) in [6.45, 7) is 1.93. The van der Waals surface area contributed by atoms with Crippen molar-refractivity contribution in [3.05, 3.63) is 58.9 Å². The van der Waals surface area contributed by atoms with Crippen molar-refractivity contribution >= 4 is 28.5 Å². The largest absolute Gasteiger partial charge is 0.369 e. The molecule has 2 aromatic rings. The van der Waals surface area contributed by atoms with Crippen molar-refractivity contribution in [2.75, 3.05) is 12.4 Å². The van der Waals surface area contributed by atoms with Crippen molar-refractivity contribution in [3.63, 3.8) is 0 Å². The highest BCUT2D eigenvalue weighted by Crippen LogP contribution is 2.38. The first-order chi connectivity index (χ1) is 13.4. The number of amides is 1. The van der Waals surface area contributed by atoms with Crippen LogP contribution in [0.2, 0.25) is 0 Å².